The molecule has 2 aliphatic rings. The van der Waals surface area contributed by atoms with Crippen LogP contribution in [0.15, 0.2) is 0 Å². The molecular weight excluding hydrogens is 423 g/mol. The van der Waals surface area contributed by atoms with Gasteiger partial charge in [-0.25, -0.2) is 23.5 Å². The number of piperidine rings is 1. The first-order valence-corrected chi connectivity index (χ1v) is 9.84. The van der Waals surface area contributed by atoms with Crippen LogP contribution in [0.1, 0.15) is 33.6 Å². The van der Waals surface area contributed by atoms with Gasteiger partial charge in [0.05, 0.1) is 12.6 Å². The molecule has 0 saturated carbocycles. The third-order valence-corrected chi connectivity index (χ3v) is 4.19. The quantitative estimate of drug-likeness (QED) is 0.131. The van der Waals surface area contributed by atoms with Crippen molar-refractivity contribution in [2.24, 2.45) is 0 Å². The Labute approximate surface area is 190 Å². The Balaban J connectivity index is 0.00000420. The number of fused-ring (bicyclic) bond motifs is 2. The molecule has 2 fully saturated rings. The van der Waals surface area contributed by atoms with Crippen molar-refractivity contribution in [3.8, 4) is 0 Å². The Bertz CT molecular complexity index is 727. The average molecular weight is 446 g/mol. The van der Waals surface area contributed by atoms with Crippen molar-refractivity contribution in [2.45, 2.75) is 51.3 Å². The standard InChI is InChI=1S/C14H24N4O9S.Na/c1-14(2,3)26-12(20)15-6-7-25-16-11(19)10-5-4-9-8-17(10)13(21)18(9)27-28(22,23)24;/h9-10H,4-8H2,1-3H3,(H,15,20)(H,16,19)(H,22,23,24);/q;+1/p-1/t9-,10?;/m1./s1. The fourth-order valence-corrected chi connectivity index (χ4v) is 3.19. The van der Waals surface area contributed by atoms with Gasteiger partial charge in [-0.3, -0.25) is 9.63 Å². The summed E-state index contributed by atoms with van der Waals surface area (Å²) in [6.45, 7) is 5.24. The van der Waals surface area contributed by atoms with E-state index < -0.39 is 46.1 Å². The first kappa shape index (κ1) is 25.9. The molecule has 4 amide bonds. The molecule has 2 rings (SSSR count). The van der Waals surface area contributed by atoms with E-state index in [9.17, 15) is 27.4 Å². The van der Waals surface area contributed by atoms with Gasteiger partial charge in [0.15, 0.2) is 0 Å². The van der Waals surface area contributed by atoms with Gasteiger partial charge in [-0.2, -0.15) is 9.35 Å². The van der Waals surface area contributed by atoms with Crippen LogP contribution in [0.25, 0.3) is 0 Å². The minimum absolute atomic E-state index is 0. The van der Waals surface area contributed by atoms with E-state index in [-0.39, 0.29) is 62.1 Å². The van der Waals surface area contributed by atoms with E-state index in [1.165, 1.54) is 0 Å². The summed E-state index contributed by atoms with van der Waals surface area (Å²) in [4.78, 5) is 42.0. The number of amides is 4. The number of hydrogen-bond donors (Lipinski definition) is 2. The third kappa shape index (κ3) is 7.88. The molecule has 0 aromatic rings. The van der Waals surface area contributed by atoms with Crippen LogP contribution in [-0.4, -0.2) is 78.3 Å². The van der Waals surface area contributed by atoms with Crippen molar-refractivity contribution >= 4 is 28.4 Å². The fourth-order valence-electron chi connectivity index (χ4n) is 2.81. The molecule has 2 heterocycles. The van der Waals surface area contributed by atoms with Gasteiger partial charge in [-0.05, 0) is 33.6 Å². The maximum Gasteiger partial charge on any atom is 1.00 e. The number of carbonyl (C=O) groups is 3. The Morgan fingerprint density at radius 3 is 2.52 bits per heavy atom. The minimum Gasteiger partial charge on any atom is -0.724 e. The number of nitrogens with one attached hydrogen (secondary N) is 2. The fraction of sp³-hybridized carbons (Fsp3) is 0.786. The summed E-state index contributed by atoms with van der Waals surface area (Å²) in [5.41, 5.74) is 1.54. The zero-order valence-corrected chi connectivity index (χ0v) is 19.5. The molecule has 0 radical (unpaired) electrons. The van der Waals surface area contributed by atoms with Crippen LogP contribution < -0.4 is 40.4 Å². The number of nitrogens with zero attached hydrogens (tertiary/aromatic N) is 2. The van der Waals surface area contributed by atoms with Crippen LogP contribution in [0.3, 0.4) is 0 Å². The number of hydroxylamine groups is 3. The smallest absolute Gasteiger partial charge is 0.724 e. The van der Waals surface area contributed by atoms with Gasteiger partial charge in [0.25, 0.3) is 5.91 Å². The molecule has 15 heteroatoms. The summed E-state index contributed by atoms with van der Waals surface area (Å²) in [5.74, 6) is -0.615. The van der Waals surface area contributed by atoms with E-state index in [0.29, 0.717) is 5.06 Å². The maximum absolute atomic E-state index is 12.2. The van der Waals surface area contributed by atoms with Crippen LogP contribution in [0, 0.1) is 0 Å². The third-order valence-electron chi connectivity index (χ3n) is 3.84. The Morgan fingerprint density at radius 2 is 1.93 bits per heavy atom. The van der Waals surface area contributed by atoms with Crippen molar-refractivity contribution in [3.63, 3.8) is 0 Å². The van der Waals surface area contributed by atoms with E-state index in [2.05, 4.69) is 15.1 Å². The monoisotopic (exact) mass is 446 g/mol. The summed E-state index contributed by atoms with van der Waals surface area (Å²) in [7, 11) is -5.10. The summed E-state index contributed by atoms with van der Waals surface area (Å²) >= 11 is 0. The van der Waals surface area contributed by atoms with Gasteiger partial charge in [-0.1, -0.05) is 0 Å². The van der Waals surface area contributed by atoms with Crippen molar-refractivity contribution in [1.29, 1.82) is 0 Å². The number of carbonyl (C=O) groups excluding carboxylic acids is 3. The van der Waals surface area contributed by atoms with Gasteiger partial charge in [0.1, 0.15) is 11.6 Å². The van der Waals surface area contributed by atoms with Crippen LogP contribution >= 0.6 is 0 Å². The van der Waals surface area contributed by atoms with E-state index >= 15 is 0 Å². The zero-order valence-electron chi connectivity index (χ0n) is 16.7. The molecule has 2 atom stereocenters. The van der Waals surface area contributed by atoms with E-state index in [1.54, 1.807) is 20.8 Å². The van der Waals surface area contributed by atoms with Crippen molar-refractivity contribution < 1.29 is 70.8 Å². The van der Waals surface area contributed by atoms with Crippen molar-refractivity contribution in [3.05, 3.63) is 0 Å². The van der Waals surface area contributed by atoms with E-state index in [0.717, 1.165) is 4.90 Å². The van der Waals surface area contributed by atoms with Gasteiger partial charge in [-0.15, -0.1) is 0 Å². The molecule has 1 unspecified atom stereocenters. The summed E-state index contributed by atoms with van der Waals surface area (Å²) < 4.78 is 41.4. The predicted molar refractivity (Wildman–Crippen MR) is 89.9 cm³/mol. The normalized spacial score (nSPS) is 21.4. The van der Waals surface area contributed by atoms with Crippen LogP contribution in [0.2, 0.25) is 0 Å². The minimum atomic E-state index is -5.10. The van der Waals surface area contributed by atoms with Crippen LogP contribution in [0.4, 0.5) is 9.59 Å². The second kappa shape index (κ2) is 10.2. The Morgan fingerprint density at radius 1 is 1.28 bits per heavy atom. The van der Waals surface area contributed by atoms with Crippen LogP contribution in [-0.2, 0) is 29.1 Å². The molecule has 0 aromatic heterocycles. The van der Waals surface area contributed by atoms with E-state index in [4.69, 9.17) is 9.57 Å². The molecule has 0 aliphatic carbocycles. The number of urea groups is 1. The number of hydrogen-bond acceptors (Lipinski definition) is 9. The molecule has 0 aromatic carbocycles. The van der Waals surface area contributed by atoms with Gasteiger partial charge < -0.3 is 19.5 Å². The molecule has 2 aliphatic heterocycles. The Kier molecular flexibility index (Phi) is 9.13. The summed E-state index contributed by atoms with van der Waals surface area (Å²) in [6, 6.07) is -2.40. The molecule has 29 heavy (non-hydrogen) atoms. The van der Waals surface area contributed by atoms with Crippen molar-refractivity contribution in [1.82, 2.24) is 20.8 Å². The maximum atomic E-state index is 12.2. The largest absolute Gasteiger partial charge is 1.00 e. The Hall–Kier alpha value is -1.16. The molecular formula is C14H23N4NaO9S. The number of ether oxygens (including phenoxy) is 1. The second-order valence-corrected chi connectivity index (χ2v) is 8.20. The van der Waals surface area contributed by atoms with Gasteiger partial charge in [0.2, 0.25) is 10.4 Å². The summed E-state index contributed by atoms with van der Waals surface area (Å²) in [5, 5.41) is 2.93. The molecule has 0 spiro atoms. The first-order chi connectivity index (χ1) is 12.9. The number of rotatable bonds is 7. The van der Waals surface area contributed by atoms with Crippen molar-refractivity contribution in [2.75, 3.05) is 19.7 Å². The SMILES string of the molecule is CC(C)(C)OC(=O)NCCONC(=O)C1CC[C@@H]2CN1C(=O)N2OS(=O)(=O)[O-].[Na+]. The molecule has 2 saturated heterocycles. The molecule has 2 N–H and O–H groups in total. The van der Waals surface area contributed by atoms with E-state index in [1.807, 2.05) is 0 Å². The van der Waals surface area contributed by atoms with Crippen LogP contribution in [0.5, 0.6) is 0 Å². The van der Waals surface area contributed by atoms with Gasteiger partial charge in [0, 0.05) is 13.1 Å². The van der Waals surface area contributed by atoms with Gasteiger partial charge >= 0.3 is 41.7 Å². The number of alkyl carbamates (subject to hydrolysis) is 1. The average Bonchev–Trinajstić information content (AvgIpc) is 2.76. The molecule has 160 valence electrons. The second-order valence-electron chi connectivity index (χ2n) is 7.23. The molecule has 13 nitrogen and oxygen atoms in total. The topological polar surface area (TPSA) is 167 Å². The predicted octanol–water partition coefficient (Wildman–Crippen LogP) is -3.78. The molecule has 2 bridgehead atoms. The zero-order chi connectivity index (χ0) is 21.1. The first-order valence-electron chi connectivity index (χ1n) is 8.51. The summed E-state index contributed by atoms with van der Waals surface area (Å²) in [6.07, 6.45) is -0.117.